The van der Waals surface area contributed by atoms with Crippen LogP contribution in [0.15, 0.2) is 24.3 Å². The van der Waals surface area contributed by atoms with Crippen molar-refractivity contribution in [3.8, 4) is 0 Å². The topological polar surface area (TPSA) is 61.4 Å². The predicted molar refractivity (Wildman–Crippen MR) is 107 cm³/mol. The van der Waals surface area contributed by atoms with Crippen molar-refractivity contribution in [3.05, 3.63) is 35.4 Å². The van der Waals surface area contributed by atoms with E-state index in [0.29, 0.717) is 31.5 Å². The van der Waals surface area contributed by atoms with Crippen LogP contribution in [-0.4, -0.2) is 35.3 Å². The standard InChI is InChI=1S/C21H29N3O2.ClH/c25-20-9-4-10-24(20)14-16-6-3-5-15(11-16)13-22-21(26)19-12-17-7-1-2-8-18(17)23-19;/h3,5-6,11,17-19,23H,1-2,4,7-10,12-14H2,(H,22,26);1H. The Morgan fingerprint density at radius 2 is 2.00 bits per heavy atom. The number of amides is 2. The van der Waals surface area contributed by atoms with E-state index in [0.717, 1.165) is 30.5 Å². The molecule has 2 aliphatic heterocycles. The number of nitrogens with zero attached hydrogens (tertiary/aromatic N) is 1. The van der Waals surface area contributed by atoms with Crippen molar-refractivity contribution in [3.63, 3.8) is 0 Å². The van der Waals surface area contributed by atoms with Gasteiger partial charge in [0.2, 0.25) is 11.8 Å². The fourth-order valence-corrected chi connectivity index (χ4v) is 4.76. The lowest BCUT2D eigenvalue weighted by Gasteiger charge is -2.24. The summed E-state index contributed by atoms with van der Waals surface area (Å²) < 4.78 is 0. The molecule has 4 rings (SSSR count). The lowest BCUT2D eigenvalue weighted by Crippen LogP contribution is -2.42. The average molecular weight is 392 g/mol. The molecule has 1 aliphatic carbocycles. The molecule has 1 saturated carbocycles. The number of hydrogen-bond acceptors (Lipinski definition) is 3. The predicted octanol–water partition coefficient (Wildman–Crippen LogP) is 2.77. The van der Waals surface area contributed by atoms with Crippen LogP contribution in [-0.2, 0) is 22.7 Å². The van der Waals surface area contributed by atoms with Crippen LogP contribution in [0.1, 0.15) is 56.1 Å². The number of halogens is 1. The first-order valence-corrected chi connectivity index (χ1v) is 10.1. The maximum atomic E-state index is 12.5. The van der Waals surface area contributed by atoms with E-state index in [1.807, 2.05) is 17.0 Å². The summed E-state index contributed by atoms with van der Waals surface area (Å²) in [4.78, 5) is 26.3. The van der Waals surface area contributed by atoms with E-state index < -0.39 is 0 Å². The fraction of sp³-hybridized carbons (Fsp3) is 0.619. The van der Waals surface area contributed by atoms with Crippen LogP contribution < -0.4 is 10.6 Å². The summed E-state index contributed by atoms with van der Waals surface area (Å²) in [5, 5.41) is 6.64. The molecule has 6 heteroatoms. The van der Waals surface area contributed by atoms with Crippen molar-refractivity contribution in [2.75, 3.05) is 6.54 Å². The highest BCUT2D eigenvalue weighted by atomic mass is 35.5. The number of likely N-dealkylation sites (tertiary alicyclic amines) is 1. The molecule has 3 fully saturated rings. The number of carbonyl (C=O) groups is 2. The lowest BCUT2D eigenvalue weighted by atomic mass is 9.85. The van der Waals surface area contributed by atoms with E-state index in [1.54, 1.807) is 0 Å². The summed E-state index contributed by atoms with van der Waals surface area (Å²) in [6.07, 6.45) is 7.69. The second-order valence-electron chi connectivity index (χ2n) is 8.06. The Balaban J connectivity index is 0.00000210. The third kappa shape index (κ3) is 4.82. The molecule has 27 heavy (non-hydrogen) atoms. The fourth-order valence-electron chi connectivity index (χ4n) is 4.76. The van der Waals surface area contributed by atoms with Crippen molar-refractivity contribution in [2.24, 2.45) is 5.92 Å². The van der Waals surface area contributed by atoms with Crippen molar-refractivity contribution in [2.45, 2.75) is 70.1 Å². The molecule has 2 saturated heterocycles. The van der Waals surface area contributed by atoms with Gasteiger partial charge < -0.3 is 15.5 Å². The van der Waals surface area contributed by atoms with Gasteiger partial charge in [-0.1, -0.05) is 37.1 Å². The molecule has 3 atom stereocenters. The summed E-state index contributed by atoms with van der Waals surface area (Å²) in [7, 11) is 0. The highest BCUT2D eigenvalue weighted by Gasteiger charge is 2.37. The first kappa shape index (κ1) is 20.2. The molecule has 3 unspecified atom stereocenters. The van der Waals surface area contributed by atoms with E-state index in [9.17, 15) is 9.59 Å². The smallest absolute Gasteiger partial charge is 0.237 e. The Hall–Kier alpha value is -1.59. The average Bonchev–Trinajstić information content (AvgIpc) is 3.26. The minimum Gasteiger partial charge on any atom is -0.351 e. The molecule has 0 spiro atoms. The molecular weight excluding hydrogens is 362 g/mol. The number of rotatable bonds is 5. The van der Waals surface area contributed by atoms with Gasteiger partial charge in [0.1, 0.15) is 0 Å². The highest BCUT2D eigenvalue weighted by molar-refractivity contribution is 5.85. The van der Waals surface area contributed by atoms with E-state index in [4.69, 9.17) is 0 Å². The van der Waals surface area contributed by atoms with Crippen LogP contribution in [0.5, 0.6) is 0 Å². The van der Waals surface area contributed by atoms with Gasteiger partial charge in [-0.3, -0.25) is 9.59 Å². The van der Waals surface area contributed by atoms with E-state index in [1.165, 1.54) is 25.7 Å². The molecule has 3 aliphatic rings. The highest BCUT2D eigenvalue weighted by Crippen LogP contribution is 2.33. The molecule has 148 valence electrons. The molecule has 1 aromatic carbocycles. The molecule has 0 aromatic heterocycles. The second kappa shape index (κ2) is 9.07. The van der Waals surface area contributed by atoms with Gasteiger partial charge in [0, 0.05) is 32.1 Å². The van der Waals surface area contributed by atoms with Gasteiger partial charge in [-0.2, -0.15) is 0 Å². The largest absolute Gasteiger partial charge is 0.351 e. The molecular formula is C21H30ClN3O2. The van der Waals surface area contributed by atoms with Crippen molar-refractivity contribution in [1.82, 2.24) is 15.5 Å². The van der Waals surface area contributed by atoms with Crippen molar-refractivity contribution < 1.29 is 9.59 Å². The summed E-state index contributed by atoms with van der Waals surface area (Å²) in [5.41, 5.74) is 2.23. The van der Waals surface area contributed by atoms with E-state index >= 15 is 0 Å². The minimum atomic E-state index is -0.0338. The van der Waals surface area contributed by atoms with Gasteiger partial charge in [-0.05, 0) is 42.7 Å². The molecule has 1 aromatic rings. The summed E-state index contributed by atoms with van der Waals surface area (Å²) >= 11 is 0. The summed E-state index contributed by atoms with van der Waals surface area (Å²) in [6.45, 7) is 2.08. The molecule has 2 amide bonds. The van der Waals surface area contributed by atoms with Crippen LogP contribution in [0, 0.1) is 5.92 Å². The first-order chi connectivity index (χ1) is 12.7. The maximum Gasteiger partial charge on any atom is 0.237 e. The van der Waals surface area contributed by atoms with E-state index in [-0.39, 0.29) is 30.3 Å². The van der Waals surface area contributed by atoms with Gasteiger partial charge in [0.05, 0.1) is 6.04 Å². The zero-order valence-corrected chi connectivity index (χ0v) is 16.6. The number of benzene rings is 1. The monoisotopic (exact) mass is 391 g/mol. The number of carbonyl (C=O) groups excluding carboxylic acids is 2. The second-order valence-corrected chi connectivity index (χ2v) is 8.06. The molecule has 0 radical (unpaired) electrons. The normalized spacial score (nSPS) is 27.2. The lowest BCUT2D eigenvalue weighted by molar-refractivity contribution is -0.128. The van der Waals surface area contributed by atoms with Crippen LogP contribution in [0.4, 0.5) is 0 Å². The molecule has 5 nitrogen and oxygen atoms in total. The summed E-state index contributed by atoms with van der Waals surface area (Å²) in [6, 6.07) is 8.72. The number of nitrogens with one attached hydrogen (secondary N) is 2. The van der Waals surface area contributed by atoms with Crippen molar-refractivity contribution in [1.29, 1.82) is 0 Å². The Morgan fingerprint density at radius 3 is 2.78 bits per heavy atom. The zero-order valence-electron chi connectivity index (χ0n) is 15.8. The van der Waals surface area contributed by atoms with Crippen molar-refractivity contribution >= 4 is 24.2 Å². The first-order valence-electron chi connectivity index (χ1n) is 10.1. The van der Waals surface area contributed by atoms with Gasteiger partial charge in [-0.25, -0.2) is 0 Å². The van der Waals surface area contributed by atoms with Gasteiger partial charge in [0.25, 0.3) is 0 Å². The Labute approximate surface area is 167 Å². The van der Waals surface area contributed by atoms with Crippen LogP contribution in [0.2, 0.25) is 0 Å². The Bertz CT molecular complexity index is 667. The number of hydrogen-bond donors (Lipinski definition) is 2. The van der Waals surface area contributed by atoms with Gasteiger partial charge >= 0.3 is 0 Å². The summed E-state index contributed by atoms with van der Waals surface area (Å²) in [5.74, 6) is 1.05. The minimum absolute atomic E-state index is 0. The van der Waals surface area contributed by atoms with E-state index in [2.05, 4.69) is 22.8 Å². The Kier molecular flexibility index (Phi) is 6.77. The van der Waals surface area contributed by atoms with Crippen LogP contribution in [0.25, 0.3) is 0 Å². The van der Waals surface area contributed by atoms with Crippen LogP contribution in [0.3, 0.4) is 0 Å². The third-order valence-electron chi connectivity index (χ3n) is 6.18. The van der Waals surface area contributed by atoms with Gasteiger partial charge in [-0.15, -0.1) is 12.4 Å². The molecule has 0 bridgehead atoms. The zero-order chi connectivity index (χ0) is 17.9. The van der Waals surface area contributed by atoms with Crippen LogP contribution >= 0.6 is 12.4 Å². The Morgan fingerprint density at radius 1 is 1.19 bits per heavy atom. The number of fused-ring (bicyclic) bond motifs is 1. The third-order valence-corrected chi connectivity index (χ3v) is 6.18. The molecule has 2 N–H and O–H groups in total. The SMILES string of the molecule is Cl.O=C(NCc1cccc(CN2CCCC2=O)c1)C1CC2CCCCC2N1. The van der Waals surface area contributed by atoms with Gasteiger partial charge in [0.15, 0.2) is 0 Å². The maximum absolute atomic E-state index is 12.5. The molecule has 2 heterocycles. The quantitative estimate of drug-likeness (QED) is 0.811.